The number of nitrogen functional groups attached to an aromatic ring is 1. The van der Waals surface area contributed by atoms with E-state index in [4.69, 9.17) is 20.1 Å². The molecule has 0 saturated carbocycles. The van der Waals surface area contributed by atoms with Crippen LogP contribution in [0.25, 0.3) is 0 Å². The summed E-state index contributed by atoms with van der Waals surface area (Å²) in [5.41, 5.74) is 6.74. The average molecular weight is 562 g/mol. The maximum absolute atomic E-state index is 12.7. The molecule has 0 spiro atoms. The smallest absolute Gasteiger partial charge is 0.294 e. The number of phenols is 1. The first-order chi connectivity index (χ1) is 17.9. The predicted molar refractivity (Wildman–Crippen MR) is 147 cm³/mol. The van der Waals surface area contributed by atoms with E-state index in [1.807, 2.05) is 62.6 Å². The summed E-state index contributed by atoms with van der Waals surface area (Å²) in [7, 11) is 1.37. The summed E-state index contributed by atoms with van der Waals surface area (Å²) in [6.45, 7) is 0.742. The van der Waals surface area contributed by atoms with Crippen molar-refractivity contribution in [1.82, 2.24) is 4.90 Å². The van der Waals surface area contributed by atoms with Gasteiger partial charge in [-0.1, -0.05) is 24.3 Å². The zero-order valence-corrected chi connectivity index (χ0v) is 22.8. The highest BCUT2D eigenvalue weighted by molar-refractivity contribution is 8.00. The summed E-state index contributed by atoms with van der Waals surface area (Å²) in [4.78, 5) is 15.4. The van der Waals surface area contributed by atoms with Gasteiger partial charge in [-0.05, 0) is 75.1 Å². The van der Waals surface area contributed by atoms with Crippen LogP contribution in [0.15, 0.2) is 76.5 Å². The molecule has 3 aromatic carbocycles. The number of carbonyl (C=O) groups is 1. The highest BCUT2D eigenvalue weighted by Gasteiger charge is 2.46. The summed E-state index contributed by atoms with van der Waals surface area (Å²) in [5, 5.41) is 22.8. The van der Waals surface area contributed by atoms with Gasteiger partial charge in [0.25, 0.3) is 16.0 Å². The minimum absolute atomic E-state index is 0.0925. The number of aliphatic hydroxyl groups excluding tert-OH is 1. The molecule has 0 radical (unpaired) electrons. The van der Waals surface area contributed by atoms with Crippen molar-refractivity contribution in [2.45, 2.75) is 27.1 Å². The van der Waals surface area contributed by atoms with Crippen LogP contribution in [0.2, 0.25) is 0 Å². The Hall–Kier alpha value is -3.29. The Morgan fingerprint density at radius 2 is 1.76 bits per heavy atom. The Balaban J connectivity index is 0.000000279. The van der Waals surface area contributed by atoms with E-state index >= 15 is 0 Å². The van der Waals surface area contributed by atoms with Crippen molar-refractivity contribution in [1.29, 1.82) is 0 Å². The highest BCUT2D eigenvalue weighted by atomic mass is 32.2. The number of fused-ring (bicyclic) bond motifs is 1. The van der Waals surface area contributed by atoms with E-state index in [-0.39, 0.29) is 22.2 Å². The Kier molecular flexibility index (Phi) is 9.28. The second kappa shape index (κ2) is 12.0. The maximum Gasteiger partial charge on any atom is 0.294 e. The fourth-order valence-corrected chi connectivity index (χ4v) is 5.78. The first-order valence-corrected chi connectivity index (χ1v) is 13.8. The Morgan fingerprint density at radius 1 is 1.11 bits per heavy atom. The Morgan fingerprint density at radius 3 is 2.34 bits per heavy atom. The number of rotatable bonds is 6. The zero-order chi connectivity index (χ0) is 28.1. The first kappa shape index (κ1) is 29.3. The summed E-state index contributed by atoms with van der Waals surface area (Å²) in [6, 6.07) is 18.4. The molecule has 1 amide bonds. The lowest BCUT2D eigenvalue weighted by Gasteiger charge is -2.36. The fourth-order valence-electron chi connectivity index (χ4n) is 3.83. The van der Waals surface area contributed by atoms with E-state index in [2.05, 4.69) is 10.2 Å². The Bertz CT molecular complexity index is 1380. The van der Waals surface area contributed by atoms with Gasteiger partial charge in [-0.15, -0.1) is 11.8 Å². The van der Waals surface area contributed by atoms with Gasteiger partial charge in [-0.2, -0.15) is 8.42 Å². The second-order valence-electron chi connectivity index (χ2n) is 8.86. The third kappa shape index (κ3) is 6.77. The van der Waals surface area contributed by atoms with Gasteiger partial charge in [0.15, 0.2) is 6.10 Å². The molecule has 0 aliphatic carbocycles. The van der Waals surface area contributed by atoms with Crippen LogP contribution in [-0.4, -0.2) is 67.8 Å². The fraction of sp³-hybridized carbons (Fsp3) is 0.269. The molecule has 1 aliphatic rings. The molecule has 3 aromatic rings. The summed E-state index contributed by atoms with van der Waals surface area (Å²) >= 11 is 1.54. The molecule has 0 saturated heterocycles. The molecule has 0 fully saturated rings. The van der Waals surface area contributed by atoms with Gasteiger partial charge < -0.3 is 30.9 Å². The molecule has 4 rings (SSSR count). The number of nitrogens with two attached hydrogens (primary N) is 1. The van der Waals surface area contributed by atoms with Crippen LogP contribution in [0.4, 0.5) is 11.4 Å². The van der Waals surface area contributed by atoms with Gasteiger partial charge >= 0.3 is 0 Å². The number of thioether (sulfide) groups is 1. The van der Waals surface area contributed by atoms with Crippen LogP contribution in [0, 0.1) is 0 Å². The molecule has 1 heterocycles. The van der Waals surface area contributed by atoms with Crippen LogP contribution in [-0.2, 0) is 19.7 Å². The molecule has 1 aliphatic heterocycles. The monoisotopic (exact) mass is 561 g/mol. The van der Waals surface area contributed by atoms with Crippen LogP contribution in [0.3, 0.4) is 0 Å². The topological polar surface area (TPSA) is 162 Å². The largest absolute Gasteiger partial charge is 0.506 e. The molecule has 6 N–H and O–H groups in total. The quantitative estimate of drug-likeness (QED) is 0.172. The van der Waals surface area contributed by atoms with Gasteiger partial charge in [0.05, 0.1) is 28.1 Å². The summed E-state index contributed by atoms with van der Waals surface area (Å²) in [5.74, 6) is 0.147. The maximum atomic E-state index is 12.7. The zero-order valence-electron chi connectivity index (χ0n) is 21.2. The van der Waals surface area contributed by atoms with E-state index in [9.17, 15) is 18.3 Å². The number of hydrogen-bond acceptors (Lipinski definition) is 9. The van der Waals surface area contributed by atoms with E-state index in [0.717, 1.165) is 46.6 Å². The second-order valence-corrected chi connectivity index (χ2v) is 11.7. The lowest BCUT2D eigenvalue weighted by molar-refractivity contribution is -0.125. The molecular formula is C26H31N3O7S2. The van der Waals surface area contributed by atoms with Crippen molar-refractivity contribution in [2.24, 2.45) is 0 Å². The molecule has 12 heteroatoms. The van der Waals surface area contributed by atoms with Crippen molar-refractivity contribution >= 4 is 39.2 Å². The van der Waals surface area contributed by atoms with Crippen molar-refractivity contribution in [2.75, 3.05) is 38.8 Å². The van der Waals surface area contributed by atoms with Crippen LogP contribution in [0.5, 0.6) is 11.5 Å². The van der Waals surface area contributed by atoms with E-state index in [1.165, 1.54) is 0 Å². The van der Waals surface area contributed by atoms with Crippen LogP contribution >= 0.6 is 11.8 Å². The predicted octanol–water partition coefficient (Wildman–Crippen LogP) is 3.17. The number of ether oxygens (including phenoxy) is 1. The van der Waals surface area contributed by atoms with E-state index < -0.39 is 21.0 Å². The number of hydrogen-bond donors (Lipinski definition) is 5. The molecule has 10 nitrogen and oxygen atoms in total. The highest BCUT2D eigenvalue weighted by Crippen LogP contribution is 2.51. The van der Waals surface area contributed by atoms with Gasteiger partial charge in [-0.25, -0.2) is 0 Å². The lowest BCUT2D eigenvalue weighted by Crippen LogP contribution is -2.45. The van der Waals surface area contributed by atoms with Crippen molar-refractivity contribution in [3.63, 3.8) is 0 Å². The summed E-state index contributed by atoms with van der Waals surface area (Å²) < 4.78 is 34.0. The van der Waals surface area contributed by atoms with E-state index in [0.29, 0.717) is 6.42 Å². The van der Waals surface area contributed by atoms with Gasteiger partial charge in [0, 0.05) is 4.90 Å². The average Bonchev–Trinajstić information content (AvgIpc) is 2.98. The molecule has 0 aromatic heterocycles. The van der Waals surface area contributed by atoms with Gasteiger partial charge in [-0.3, -0.25) is 9.35 Å². The number of amides is 1. The normalized spacial score (nSPS) is 19.0. The molecule has 204 valence electrons. The Labute approximate surface area is 226 Å². The third-order valence-electron chi connectivity index (χ3n) is 5.93. The number of phenolic OH excluding ortho intramolecular Hbond substituents is 1. The number of nitrogens with one attached hydrogen (secondary N) is 1. The van der Waals surface area contributed by atoms with Crippen molar-refractivity contribution in [3.8, 4) is 11.5 Å². The lowest BCUT2D eigenvalue weighted by atomic mass is 9.88. The number of anilines is 2. The molecule has 0 bridgehead atoms. The molecular weight excluding hydrogens is 530 g/mol. The number of nitrogens with zero attached hydrogens (tertiary/aromatic N) is 1. The molecule has 2 unspecified atom stereocenters. The number of carbonyl (C=O) groups excluding carboxylic acids is 1. The van der Waals surface area contributed by atoms with Crippen molar-refractivity contribution < 1.29 is 32.7 Å². The number of aromatic hydroxyl groups is 1. The van der Waals surface area contributed by atoms with Gasteiger partial charge in [0.2, 0.25) is 0 Å². The van der Waals surface area contributed by atoms with E-state index in [1.54, 1.807) is 18.9 Å². The third-order valence-corrected chi connectivity index (χ3v) is 8.39. The standard InChI is InChI=1S/C20H24N2O3S.C6H7NO4S/c1-22(2)13-12-20(14-8-10-15(25-3)11-9-14)18(23)19(24)21-16-6-4-5-7-17(16)26-20;7-5-3-4(12(9,10)11)1-2-6(5)8/h4-11,18,23H,12-13H2,1-3H3,(H,21,24);1-3,8H,7H2,(H,9,10,11). The van der Waals surface area contributed by atoms with Gasteiger partial charge in [0.1, 0.15) is 11.5 Å². The molecule has 38 heavy (non-hydrogen) atoms. The molecule has 2 atom stereocenters. The number of benzene rings is 3. The summed E-state index contributed by atoms with van der Waals surface area (Å²) in [6.07, 6.45) is -0.548. The number of aliphatic hydroxyl groups is 1. The number of methoxy groups -OCH3 is 1. The number of para-hydroxylation sites is 1. The van der Waals surface area contributed by atoms with Crippen molar-refractivity contribution in [3.05, 3.63) is 72.3 Å². The van der Waals surface area contributed by atoms with Crippen LogP contribution in [0.1, 0.15) is 12.0 Å². The first-order valence-electron chi connectivity index (χ1n) is 11.5. The SMILES string of the molecule is COc1ccc(C2(CCN(C)C)Sc3ccccc3NC(=O)C2O)cc1.Nc1cc(S(=O)(=O)O)ccc1O. The van der Waals surface area contributed by atoms with Crippen LogP contribution < -0.4 is 15.8 Å². The minimum Gasteiger partial charge on any atom is -0.506 e. The minimum atomic E-state index is -4.23.